The fourth-order valence-electron chi connectivity index (χ4n) is 0. The van der Waals surface area contributed by atoms with Gasteiger partial charge in [0.1, 0.15) is 6.72 Å². The maximum Gasteiger partial charge on any atom is 0.164 e. The second kappa shape index (κ2) is 1.52. The summed E-state index contributed by atoms with van der Waals surface area (Å²) in [5.74, 6) is 0. The number of rotatable bonds is 0. The lowest BCUT2D eigenvalue weighted by Crippen LogP contribution is -2.26. The van der Waals surface area contributed by atoms with Crippen molar-refractivity contribution < 1.29 is 4.74 Å². The molecule has 0 aliphatic carbocycles. The summed E-state index contributed by atoms with van der Waals surface area (Å²) in [7, 11) is 0. The highest BCUT2D eigenvalue weighted by Gasteiger charge is 2.14. The van der Waals surface area contributed by atoms with Crippen molar-refractivity contribution in [3.05, 3.63) is 5.21 Å². The molecule has 0 N–H and O–H groups in total. The first-order valence-corrected chi connectivity index (χ1v) is 2.22. The molecule has 0 spiro atoms. The van der Waals surface area contributed by atoms with Crippen LogP contribution in [0, 0.1) is 5.21 Å². The monoisotopic (exact) mass is 101 g/mol. The Hall–Kier alpha value is -0.530. The first-order chi connectivity index (χ1) is 2.94. The molecule has 0 saturated heterocycles. The number of hydrogen-bond acceptors (Lipinski definition) is 1. The second-order valence-corrected chi connectivity index (χ2v) is 2.55. The molecule has 0 radical (unpaired) electrons. The molecule has 0 saturated carbocycles. The summed E-state index contributed by atoms with van der Waals surface area (Å²) in [5.41, 5.74) is -0.333. The predicted molar refractivity (Wildman–Crippen MR) is 30.5 cm³/mol. The van der Waals surface area contributed by atoms with E-state index in [1.807, 2.05) is 20.8 Å². The average Bonchev–Trinajstić information content (AvgIpc) is 1.31. The van der Waals surface area contributed by atoms with Crippen molar-refractivity contribution in [2.45, 2.75) is 26.3 Å². The predicted octanol–water partition coefficient (Wildman–Crippen LogP) is 0.996. The van der Waals surface area contributed by atoms with E-state index < -0.39 is 0 Å². The Kier molecular flexibility index (Phi) is 1.41. The minimum Gasteiger partial charge on any atom is -0.624 e. The molecule has 0 aliphatic rings. The molecule has 2 nitrogen and oxygen atoms in total. The van der Waals surface area contributed by atoms with Gasteiger partial charge in [0.2, 0.25) is 0 Å². The fourth-order valence-corrected chi connectivity index (χ4v) is 0. The molecule has 0 rings (SSSR count). The molecule has 0 heterocycles. The molecule has 0 fully saturated rings. The van der Waals surface area contributed by atoms with E-state index >= 15 is 0 Å². The molecule has 0 aromatic heterocycles. The van der Waals surface area contributed by atoms with Gasteiger partial charge in [0, 0.05) is 20.8 Å². The highest BCUT2D eigenvalue weighted by atomic mass is 16.5. The van der Waals surface area contributed by atoms with Crippen LogP contribution in [0.2, 0.25) is 0 Å². The lowest BCUT2D eigenvalue weighted by Gasteiger charge is -2.16. The number of hydrogen-bond donors (Lipinski definition) is 0. The van der Waals surface area contributed by atoms with Crippen molar-refractivity contribution in [2.24, 2.45) is 0 Å². The Balaban J connectivity index is 3.79. The molecule has 42 valence electrons. The van der Waals surface area contributed by atoms with E-state index in [2.05, 4.69) is 6.72 Å². The van der Waals surface area contributed by atoms with Crippen molar-refractivity contribution >= 4 is 6.72 Å². The Morgan fingerprint density at radius 3 is 1.57 bits per heavy atom. The first-order valence-electron chi connectivity index (χ1n) is 2.22. The summed E-state index contributed by atoms with van der Waals surface area (Å²) in [6, 6.07) is 0. The molecule has 0 bridgehead atoms. The van der Waals surface area contributed by atoms with Gasteiger partial charge >= 0.3 is 0 Å². The van der Waals surface area contributed by atoms with Gasteiger partial charge in [-0.2, -0.15) is 0 Å². The maximum absolute atomic E-state index is 10.3. The molecular formula is C5H11NO. The Morgan fingerprint density at radius 2 is 1.57 bits per heavy atom. The molecular weight excluding hydrogens is 90.1 g/mol. The topological polar surface area (TPSA) is 26.1 Å². The lowest BCUT2D eigenvalue weighted by molar-refractivity contribution is -0.527. The van der Waals surface area contributed by atoms with Crippen LogP contribution in [0.5, 0.6) is 0 Å². The summed E-state index contributed by atoms with van der Waals surface area (Å²) >= 11 is 0. The number of hydroxylamine groups is 1. The van der Waals surface area contributed by atoms with Crippen LogP contribution in [0.25, 0.3) is 0 Å². The van der Waals surface area contributed by atoms with E-state index in [0.29, 0.717) is 4.74 Å². The van der Waals surface area contributed by atoms with Gasteiger partial charge in [-0.1, -0.05) is 0 Å². The third-order valence-corrected chi connectivity index (χ3v) is 0.748. The van der Waals surface area contributed by atoms with Crippen molar-refractivity contribution in [3.8, 4) is 0 Å². The van der Waals surface area contributed by atoms with E-state index in [9.17, 15) is 5.21 Å². The Labute approximate surface area is 44.1 Å². The standard InChI is InChI=1S/C5H11NO/c1-5(2,3)6(4)7/h4H2,1-3H3. The summed E-state index contributed by atoms with van der Waals surface area (Å²) < 4.78 is 0.688. The van der Waals surface area contributed by atoms with Gasteiger partial charge in [0.05, 0.1) is 0 Å². The van der Waals surface area contributed by atoms with Gasteiger partial charge < -0.3 is 5.21 Å². The van der Waals surface area contributed by atoms with Crippen molar-refractivity contribution in [1.29, 1.82) is 0 Å². The van der Waals surface area contributed by atoms with Gasteiger partial charge in [-0.3, -0.25) is 0 Å². The minimum absolute atomic E-state index is 0.333. The zero-order chi connectivity index (χ0) is 6.08. The first kappa shape index (κ1) is 6.47. The highest BCUT2D eigenvalue weighted by Crippen LogP contribution is 2.02. The van der Waals surface area contributed by atoms with Gasteiger partial charge in [0.15, 0.2) is 5.54 Å². The largest absolute Gasteiger partial charge is 0.624 e. The molecule has 0 aromatic rings. The van der Waals surface area contributed by atoms with E-state index in [4.69, 9.17) is 0 Å². The normalized spacial score (nSPS) is 11.3. The van der Waals surface area contributed by atoms with Crippen LogP contribution in [0.15, 0.2) is 0 Å². The summed E-state index contributed by atoms with van der Waals surface area (Å²) in [6.07, 6.45) is 0. The summed E-state index contributed by atoms with van der Waals surface area (Å²) in [4.78, 5) is 0. The SMILES string of the molecule is C=[N+]([O-])C(C)(C)C. The maximum atomic E-state index is 10.3. The zero-order valence-electron chi connectivity index (χ0n) is 5.06. The second-order valence-electron chi connectivity index (χ2n) is 2.55. The summed E-state index contributed by atoms with van der Waals surface area (Å²) in [6.45, 7) is 8.62. The Bertz CT molecular complexity index is 80.6. The highest BCUT2D eigenvalue weighted by molar-refractivity contribution is 5.15. The Morgan fingerprint density at radius 1 is 1.43 bits per heavy atom. The third kappa shape index (κ3) is 2.20. The van der Waals surface area contributed by atoms with E-state index in [0.717, 1.165) is 0 Å². The average molecular weight is 101 g/mol. The quantitative estimate of drug-likeness (QED) is 0.193. The molecule has 2 heteroatoms. The van der Waals surface area contributed by atoms with Crippen LogP contribution >= 0.6 is 0 Å². The summed E-state index contributed by atoms with van der Waals surface area (Å²) in [5, 5.41) is 10.3. The van der Waals surface area contributed by atoms with Crippen molar-refractivity contribution in [1.82, 2.24) is 0 Å². The fraction of sp³-hybridized carbons (Fsp3) is 0.800. The van der Waals surface area contributed by atoms with Crippen molar-refractivity contribution in [3.63, 3.8) is 0 Å². The molecule has 0 unspecified atom stereocenters. The van der Waals surface area contributed by atoms with Gasteiger partial charge in [-0.25, -0.2) is 4.74 Å². The van der Waals surface area contributed by atoms with E-state index in [1.54, 1.807) is 0 Å². The zero-order valence-corrected chi connectivity index (χ0v) is 5.06. The van der Waals surface area contributed by atoms with Crippen LogP contribution in [0.1, 0.15) is 20.8 Å². The lowest BCUT2D eigenvalue weighted by atomic mass is 10.1. The van der Waals surface area contributed by atoms with Gasteiger partial charge in [-0.15, -0.1) is 0 Å². The molecule has 7 heavy (non-hydrogen) atoms. The smallest absolute Gasteiger partial charge is 0.164 e. The van der Waals surface area contributed by atoms with E-state index in [-0.39, 0.29) is 5.54 Å². The van der Waals surface area contributed by atoms with Crippen molar-refractivity contribution in [2.75, 3.05) is 0 Å². The van der Waals surface area contributed by atoms with Crippen LogP contribution in [-0.2, 0) is 0 Å². The third-order valence-electron chi connectivity index (χ3n) is 0.748. The molecule has 0 atom stereocenters. The molecule has 0 aromatic carbocycles. The minimum atomic E-state index is -0.333. The van der Waals surface area contributed by atoms with E-state index in [1.165, 1.54) is 0 Å². The van der Waals surface area contributed by atoms with Gasteiger partial charge in [-0.05, 0) is 0 Å². The van der Waals surface area contributed by atoms with Crippen LogP contribution in [0.3, 0.4) is 0 Å². The van der Waals surface area contributed by atoms with Crippen LogP contribution in [-0.4, -0.2) is 17.0 Å². The van der Waals surface area contributed by atoms with Crippen LogP contribution in [0.4, 0.5) is 0 Å². The van der Waals surface area contributed by atoms with Crippen LogP contribution < -0.4 is 0 Å². The van der Waals surface area contributed by atoms with Gasteiger partial charge in [0.25, 0.3) is 0 Å². The number of nitrogens with zero attached hydrogens (tertiary/aromatic N) is 1. The molecule has 0 amide bonds. The molecule has 0 aliphatic heterocycles.